The summed E-state index contributed by atoms with van der Waals surface area (Å²) in [4.78, 5) is 0. The number of rotatable bonds is 4. The second-order valence-corrected chi connectivity index (χ2v) is 3.94. The Morgan fingerprint density at radius 1 is 1.33 bits per heavy atom. The molecule has 0 spiro atoms. The van der Waals surface area contributed by atoms with E-state index in [1.165, 1.54) is 0 Å². The molecule has 0 aliphatic heterocycles. The maximum absolute atomic E-state index is 8.66. The lowest BCUT2D eigenvalue weighted by Gasteiger charge is -2.10. The average molecular weight is 242 g/mol. The number of nitriles is 1. The standard InChI is InChI=1S/C14H14N2O2/c1-10-3-6-13(14(7-10)17-2)16-9-12-5-4-11(8-15)18-12/h3-7,16H,9H2,1-2H3. The highest BCUT2D eigenvalue weighted by Gasteiger charge is 2.05. The molecule has 0 saturated heterocycles. The summed E-state index contributed by atoms with van der Waals surface area (Å²) in [5, 5.41) is 11.9. The van der Waals surface area contributed by atoms with Gasteiger partial charge in [-0.3, -0.25) is 0 Å². The quantitative estimate of drug-likeness (QED) is 0.895. The third kappa shape index (κ3) is 2.64. The molecule has 1 heterocycles. The first-order valence-corrected chi connectivity index (χ1v) is 5.60. The van der Waals surface area contributed by atoms with E-state index < -0.39 is 0 Å². The molecule has 0 amide bonds. The van der Waals surface area contributed by atoms with Crippen LogP contribution in [0.2, 0.25) is 0 Å². The number of furan rings is 1. The highest BCUT2D eigenvalue weighted by Crippen LogP contribution is 2.25. The Morgan fingerprint density at radius 2 is 2.17 bits per heavy atom. The van der Waals surface area contributed by atoms with Gasteiger partial charge in [-0.05, 0) is 36.8 Å². The fourth-order valence-corrected chi connectivity index (χ4v) is 1.66. The number of hydrogen-bond acceptors (Lipinski definition) is 4. The molecule has 92 valence electrons. The van der Waals surface area contributed by atoms with E-state index in [0.29, 0.717) is 18.1 Å². The molecule has 1 N–H and O–H groups in total. The van der Waals surface area contributed by atoms with Crippen molar-refractivity contribution < 1.29 is 9.15 Å². The number of benzene rings is 1. The summed E-state index contributed by atoms with van der Waals surface area (Å²) >= 11 is 0. The van der Waals surface area contributed by atoms with Crippen molar-refractivity contribution in [2.24, 2.45) is 0 Å². The predicted octanol–water partition coefficient (Wildman–Crippen LogP) is 3.08. The van der Waals surface area contributed by atoms with Gasteiger partial charge in [-0.15, -0.1) is 0 Å². The fourth-order valence-electron chi connectivity index (χ4n) is 1.66. The summed E-state index contributed by atoms with van der Waals surface area (Å²) in [6.45, 7) is 2.53. The third-order valence-corrected chi connectivity index (χ3v) is 2.58. The summed E-state index contributed by atoms with van der Waals surface area (Å²) in [5.41, 5.74) is 2.04. The first kappa shape index (κ1) is 12.1. The number of nitrogens with one attached hydrogen (secondary N) is 1. The molecule has 0 bridgehead atoms. The van der Waals surface area contributed by atoms with E-state index in [1.807, 2.05) is 31.2 Å². The van der Waals surface area contributed by atoms with Crippen molar-refractivity contribution in [1.29, 1.82) is 5.26 Å². The third-order valence-electron chi connectivity index (χ3n) is 2.58. The van der Waals surface area contributed by atoms with Gasteiger partial charge in [0.05, 0.1) is 19.3 Å². The molecule has 0 atom stereocenters. The lowest BCUT2D eigenvalue weighted by molar-refractivity contribution is 0.416. The lowest BCUT2D eigenvalue weighted by atomic mass is 10.2. The van der Waals surface area contributed by atoms with Crippen LogP contribution in [0.5, 0.6) is 5.75 Å². The molecule has 0 unspecified atom stereocenters. The van der Waals surface area contributed by atoms with Gasteiger partial charge in [-0.25, -0.2) is 0 Å². The molecule has 0 radical (unpaired) electrons. The summed E-state index contributed by atoms with van der Waals surface area (Å²) in [6, 6.07) is 11.3. The Kier molecular flexibility index (Phi) is 3.54. The molecule has 2 aromatic rings. The second kappa shape index (κ2) is 5.28. The number of methoxy groups -OCH3 is 1. The van der Waals surface area contributed by atoms with Crippen LogP contribution in [0.25, 0.3) is 0 Å². The zero-order chi connectivity index (χ0) is 13.0. The minimum atomic E-state index is 0.322. The van der Waals surface area contributed by atoms with Crippen molar-refractivity contribution in [1.82, 2.24) is 0 Å². The average Bonchev–Trinajstić information content (AvgIpc) is 2.85. The summed E-state index contributed by atoms with van der Waals surface area (Å²) in [6.07, 6.45) is 0. The van der Waals surface area contributed by atoms with E-state index in [2.05, 4.69) is 5.32 Å². The largest absolute Gasteiger partial charge is 0.495 e. The van der Waals surface area contributed by atoms with E-state index in [0.717, 1.165) is 17.0 Å². The molecule has 18 heavy (non-hydrogen) atoms. The molecule has 0 aliphatic rings. The van der Waals surface area contributed by atoms with Crippen molar-refractivity contribution in [2.45, 2.75) is 13.5 Å². The van der Waals surface area contributed by atoms with Gasteiger partial charge < -0.3 is 14.5 Å². The SMILES string of the molecule is COc1cc(C)ccc1NCc1ccc(C#N)o1. The van der Waals surface area contributed by atoms with Gasteiger partial charge in [-0.1, -0.05) is 6.07 Å². The molecule has 2 rings (SSSR count). The maximum atomic E-state index is 8.66. The van der Waals surface area contributed by atoms with E-state index >= 15 is 0 Å². The Labute approximate surface area is 106 Å². The zero-order valence-electron chi connectivity index (χ0n) is 10.4. The van der Waals surface area contributed by atoms with E-state index in [-0.39, 0.29) is 0 Å². The van der Waals surface area contributed by atoms with Crippen molar-refractivity contribution in [2.75, 3.05) is 12.4 Å². The zero-order valence-corrected chi connectivity index (χ0v) is 10.4. The minimum absolute atomic E-state index is 0.322. The monoisotopic (exact) mass is 242 g/mol. The number of anilines is 1. The first-order chi connectivity index (χ1) is 8.72. The fraction of sp³-hybridized carbons (Fsp3) is 0.214. The number of aryl methyl sites for hydroxylation is 1. The second-order valence-electron chi connectivity index (χ2n) is 3.94. The van der Waals surface area contributed by atoms with Gasteiger partial charge in [-0.2, -0.15) is 5.26 Å². The van der Waals surface area contributed by atoms with Gasteiger partial charge in [0.25, 0.3) is 0 Å². The van der Waals surface area contributed by atoms with Crippen molar-refractivity contribution in [3.8, 4) is 11.8 Å². The topological polar surface area (TPSA) is 58.2 Å². The molecule has 1 aromatic heterocycles. The van der Waals surface area contributed by atoms with Crippen molar-refractivity contribution in [3.63, 3.8) is 0 Å². The Morgan fingerprint density at radius 3 is 2.83 bits per heavy atom. The minimum Gasteiger partial charge on any atom is -0.495 e. The molecule has 0 saturated carbocycles. The van der Waals surface area contributed by atoms with Crippen molar-refractivity contribution in [3.05, 3.63) is 47.4 Å². The molecular formula is C14H14N2O2. The van der Waals surface area contributed by atoms with E-state index in [4.69, 9.17) is 14.4 Å². The van der Waals surface area contributed by atoms with Crippen LogP contribution < -0.4 is 10.1 Å². The Hall–Kier alpha value is -2.41. The maximum Gasteiger partial charge on any atom is 0.203 e. The summed E-state index contributed by atoms with van der Waals surface area (Å²) < 4.78 is 10.6. The number of ether oxygens (including phenoxy) is 1. The van der Waals surface area contributed by atoms with Gasteiger partial charge in [0.1, 0.15) is 17.6 Å². The first-order valence-electron chi connectivity index (χ1n) is 5.60. The summed E-state index contributed by atoms with van der Waals surface area (Å²) in [5.74, 6) is 1.83. The lowest BCUT2D eigenvalue weighted by Crippen LogP contribution is -2.00. The Bertz CT molecular complexity index is 582. The Balaban J connectivity index is 2.08. The van der Waals surface area contributed by atoms with Gasteiger partial charge in [0.2, 0.25) is 5.76 Å². The van der Waals surface area contributed by atoms with Crippen LogP contribution in [-0.4, -0.2) is 7.11 Å². The van der Waals surface area contributed by atoms with E-state index in [1.54, 1.807) is 19.2 Å². The molecule has 0 fully saturated rings. The van der Waals surface area contributed by atoms with Crippen LogP contribution in [0.15, 0.2) is 34.7 Å². The van der Waals surface area contributed by atoms with Crippen LogP contribution >= 0.6 is 0 Å². The van der Waals surface area contributed by atoms with Crippen LogP contribution in [0, 0.1) is 18.3 Å². The molecule has 4 heteroatoms. The van der Waals surface area contributed by atoms with Gasteiger partial charge in [0, 0.05) is 0 Å². The van der Waals surface area contributed by atoms with Crippen LogP contribution in [0.3, 0.4) is 0 Å². The molecule has 0 aliphatic carbocycles. The van der Waals surface area contributed by atoms with Crippen LogP contribution in [0.1, 0.15) is 17.1 Å². The van der Waals surface area contributed by atoms with Gasteiger partial charge >= 0.3 is 0 Å². The van der Waals surface area contributed by atoms with E-state index in [9.17, 15) is 0 Å². The van der Waals surface area contributed by atoms with Crippen LogP contribution in [0.4, 0.5) is 5.69 Å². The highest BCUT2D eigenvalue weighted by atomic mass is 16.5. The highest BCUT2D eigenvalue weighted by molar-refractivity contribution is 5.57. The molecule has 4 nitrogen and oxygen atoms in total. The number of nitrogens with zero attached hydrogens (tertiary/aromatic N) is 1. The smallest absolute Gasteiger partial charge is 0.203 e. The number of hydrogen-bond donors (Lipinski definition) is 1. The van der Waals surface area contributed by atoms with Crippen LogP contribution in [-0.2, 0) is 6.54 Å². The van der Waals surface area contributed by atoms with Gasteiger partial charge in [0.15, 0.2) is 0 Å². The summed E-state index contributed by atoms with van der Waals surface area (Å²) in [7, 11) is 1.64. The van der Waals surface area contributed by atoms with Crippen molar-refractivity contribution >= 4 is 5.69 Å². The molecule has 1 aromatic carbocycles. The molecular weight excluding hydrogens is 228 g/mol. The normalized spacial score (nSPS) is 9.83. The predicted molar refractivity (Wildman–Crippen MR) is 68.5 cm³/mol.